The number of nitrogens with zero attached hydrogens (tertiary/aromatic N) is 1. The van der Waals surface area contributed by atoms with E-state index in [9.17, 15) is 13.2 Å². The number of sulfonamides is 1. The Labute approximate surface area is 159 Å². The number of nitrogens with one attached hydrogen (secondary N) is 1. The van der Waals surface area contributed by atoms with E-state index in [2.05, 4.69) is 5.32 Å². The largest absolute Gasteiger partial charge is 0.350 e. The molecule has 3 aromatic carbocycles. The van der Waals surface area contributed by atoms with Crippen molar-refractivity contribution in [2.45, 2.75) is 12.6 Å². The number of likely N-dealkylation sites (N-methyl/N-ethyl adjacent to an activating group) is 1. The number of fused-ring (bicyclic) bond motifs is 1. The molecule has 27 heavy (non-hydrogen) atoms. The van der Waals surface area contributed by atoms with Gasteiger partial charge < -0.3 is 5.32 Å². The van der Waals surface area contributed by atoms with Gasteiger partial charge in [0.05, 0.1) is 6.26 Å². The lowest BCUT2D eigenvalue weighted by atomic mass is 10.1. The van der Waals surface area contributed by atoms with Crippen LogP contribution in [0.1, 0.15) is 17.2 Å². The van der Waals surface area contributed by atoms with Crippen molar-refractivity contribution < 1.29 is 13.2 Å². The maximum Gasteiger partial charge on any atom is 0.243 e. The zero-order valence-corrected chi connectivity index (χ0v) is 16.1. The van der Waals surface area contributed by atoms with Crippen LogP contribution in [0.3, 0.4) is 0 Å². The normalized spacial score (nSPS) is 12.9. The van der Waals surface area contributed by atoms with Crippen molar-refractivity contribution in [1.29, 1.82) is 0 Å². The topological polar surface area (TPSA) is 66.5 Å². The standard InChI is InChI=1S/C21H22N2O3S/c1-23(27(2,25)26)20(18-9-4-3-5-10-18)21(24)22-15-16-12-13-17-8-6-7-11-19(17)14-16/h3-14,20H,15H2,1-2H3,(H,22,24). The van der Waals surface area contributed by atoms with Crippen molar-refractivity contribution in [1.82, 2.24) is 9.62 Å². The number of carbonyl (C=O) groups excluding carboxylic acids is 1. The molecule has 0 aliphatic carbocycles. The van der Waals surface area contributed by atoms with E-state index in [0.717, 1.165) is 26.9 Å². The van der Waals surface area contributed by atoms with Crippen LogP contribution in [0, 0.1) is 0 Å². The lowest BCUT2D eigenvalue weighted by molar-refractivity contribution is -0.124. The Bertz CT molecular complexity index is 1050. The molecule has 6 heteroatoms. The van der Waals surface area contributed by atoms with Crippen LogP contribution in [-0.4, -0.2) is 31.9 Å². The smallest absolute Gasteiger partial charge is 0.243 e. The van der Waals surface area contributed by atoms with E-state index in [1.165, 1.54) is 7.05 Å². The third-order valence-corrected chi connectivity index (χ3v) is 5.79. The molecule has 1 N–H and O–H groups in total. The summed E-state index contributed by atoms with van der Waals surface area (Å²) in [4.78, 5) is 12.9. The van der Waals surface area contributed by atoms with Gasteiger partial charge in [0.2, 0.25) is 15.9 Å². The van der Waals surface area contributed by atoms with E-state index in [1.54, 1.807) is 24.3 Å². The second kappa shape index (κ2) is 7.90. The van der Waals surface area contributed by atoms with Crippen LogP contribution in [0.4, 0.5) is 0 Å². The van der Waals surface area contributed by atoms with Gasteiger partial charge in [-0.3, -0.25) is 4.79 Å². The molecule has 0 fully saturated rings. The maximum atomic E-state index is 12.9. The molecular weight excluding hydrogens is 360 g/mol. The molecule has 0 bridgehead atoms. The van der Waals surface area contributed by atoms with Crippen molar-refractivity contribution in [3.63, 3.8) is 0 Å². The first-order valence-electron chi connectivity index (χ1n) is 8.59. The number of rotatable bonds is 6. The maximum absolute atomic E-state index is 12.9. The Morgan fingerprint density at radius 1 is 0.963 bits per heavy atom. The predicted molar refractivity (Wildman–Crippen MR) is 108 cm³/mol. The molecule has 0 aliphatic heterocycles. The van der Waals surface area contributed by atoms with Gasteiger partial charge >= 0.3 is 0 Å². The van der Waals surface area contributed by atoms with Crippen molar-refractivity contribution in [3.05, 3.63) is 83.9 Å². The molecule has 0 saturated heterocycles. The Hall–Kier alpha value is -2.70. The quantitative estimate of drug-likeness (QED) is 0.712. The van der Waals surface area contributed by atoms with Crippen molar-refractivity contribution in [2.24, 2.45) is 0 Å². The number of amides is 1. The molecule has 1 atom stereocenters. The Morgan fingerprint density at radius 3 is 2.26 bits per heavy atom. The van der Waals surface area contributed by atoms with Crippen LogP contribution < -0.4 is 5.32 Å². The highest BCUT2D eigenvalue weighted by atomic mass is 32.2. The molecule has 0 aromatic heterocycles. The van der Waals surface area contributed by atoms with E-state index in [4.69, 9.17) is 0 Å². The van der Waals surface area contributed by atoms with Crippen molar-refractivity contribution in [3.8, 4) is 0 Å². The first-order valence-corrected chi connectivity index (χ1v) is 10.4. The fourth-order valence-electron chi connectivity index (χ4n) is 2.99. The fourth-order valence-corrected chi connectivity index (χ4v) is 3.59. The molecule has 1 unspecified atom stereocenters. The lowest BCUT2D eigenvalue weighted by Gasteiger charge is -2.25. The van der Waals surface area contributed by atoms with Gasteiger partial charge in [0, 0.05) is 13.6 Å². The summed E-state index contributed by atoms with van der Waals surface area (Å²) in [7, 11) is -2.12. The van der Waals surface area contributed by atoms with E-state index in [-0.39, 0.29) is 5.91 Å². The molecule has 140 valence electrons. The Kier molecular flexibility index (Phi) is 5.58. The minimum Gasteiger partial charge on any atom is -0.350 e. The highest BCUT2D eigenvalue weighted by Crippen LogP contribution is 2.22. The second-order valence-electron chi connectivity index (χ2n) is 6.49. The molecule has 3 rings (SSSR count). The molecule has 3 aromatic rings. The van der Waals surface area contributed by atoms with E-state index in [0.29, 0.717) is 12.1 Å². The number of hydrogen-bond donors (Lipinski definition) is 1. The van der Waals surface area contributed by atoms with Crippen LogP contribution in [-0.2, 0) is 21.4 Å². The van der Waals surface area contributed by atoms with Gasteiger partial charge in [-0.1, -0.05) is 66.7 Å². The average Bonchev–Trinajstić information content (AvgIpc) is 2.66. The average molecular weight is 382 g/mol. The van der Waals surface area contributed by atoms with Crippen LogP contribution >= 0.6 is 0 Å². The summed E-state index contributed by atoms with van der Waals surface area (Å²) >= 11 is 0. The molecule has 0 spiro atoms. The van der Waals surface area contributed by atoms with Crippen LogP contribution in [0.2, 0.25) is 0 Å². The second-order valence-corrected chi connectivity index (χ2v) is 8.53. The first-order chi connectivity index (χ1) is 12.9. The molecule has 0 heterocycles. The summed E-state index contributed by atoms with van der Waals surface area (Å²) in [6, 6.07) is 22.0. The number of hydrogen-bond acceptors (Lipinski definition) is 3. The molecule has 0 aliphatic rings. The molecule has 0 saturated carbocycles. The van der Waals surface area contributed by atoms with E-state index >= 15 is 0 Å². The van der Waals surface area contributed by atoms with Crippen LogP contribution in [0.5, 0.6) is 0 Å². The zero-order valence-electron chi connectivity index (χ0n) is 15.3. The minimum absolute atomic E-state index is 0.324. The summed E-state index contributed by atoms with van der Waals surface area (Å²) in [6.07, 6.45) is 1.10. The van der Waals surface area contributed by atoms with Gasteiger partial charge in [-0.2, -0.15) is 4.31 Å². The van der Waals surface area contributed by atoms with Crippen LogP contribution in [0.15, 0.2) is 72.8 Å². The zero-order chi connectivity index (χ0) is 19.4. The van der Waals surface area contributed by atoms with Crippen LogP contribution in [0.25, 0.3) is 10.8 Å². The lowest BCUT2D eigenvalue weighted by Crippen LogP contribution is -2.41. The molecule has 0 radical (unpaired) electrons. The highest BCUT2D eigenvalue weighted by molar-refractivity contribution is 7.88. The Morgan fingerprint density at radius 2 is 1.59 bits per heavy atom. The van der Waals surface area contributed by atoms with E-state index in [1.807, 2.05) is 48.5 Å². The number of benzene rings is 3. The summed E-state index contributed by atoms with van der Waals surface area (Å²) in [6.45, 7) is 0.324. The summed E-state index contributed by atoms with van der Waals surface area (Å²) in [5.74, 6) is -0.359. The predicted octanol–water partition coefficient (Wildman–Crippen LogP) is 3.09. The molecular formula is C21H22N2O3S. The van der Waals surface area contributed by atoms with Gasteiger partial charge in [-0.25, -0.2) is 8.42 Å². The fraction of sp³-hybridized carbons (Fsp3) is 0.190. The highest BCUT2D eigenvalue weighted by Gasteiger charge is 2.30. The first kappa shape index (κ1) is 19.1. The van der Waals surface area contributed by atoms with Gasteiger partial charge in [0.25, 0.3) is 0 Å². The monoisotopic (exact) mass is 382 g/mol. The van der Waals surface area contributed by atoms with Gasteiger partial charge in [0.1, 0.15) is 6.04 Å². The third kappa shape index (κ3) is 4.53. The van der Waals surface area contributed by atoms with Gasteiger partial charge in [-0.15, -0.1) is 0 Å². The summed E-state index contributed by atoms with van der Waals surface area (Å²) in [5.41, 5.74) is 1.58. The summed E-state index contributed by atoms with van der Waals surface area (Å²) < 4.78 is 25.1. The number of carbonyl (C=O) groups is 1. The van der Waals surface area contributed by atoms with Gasteiger partial charge in [0.15, 0.2) is 0 Å². The van der Waals surface area contributed by atoms with Crippen molar-refractivity contribution in [2.75, 3.05) is 13.3 Å². The summed E-state index contributed by atoms with van der Waals surface area (Å²) in [5, 5.41) is 5.10. The molecule has 1 amide bonds. The SMILES string of the molecule is CN(C(C(=O)NCc1ccc2ccccc2c1)c1ccccc1)S(C)(=O)=O. The van der Waals surface area contributed by atoms with Gasteiger partial charge in [-0.05, 0) is 28.0 Å². The van der Waals surface area contributed by atoms with E-state index < -0.39 is 16.1 Å². The molecule has 5 nitrogen and oxygen atoms in total. The van der Waals surface area contributed by atoms with Crippen molar-refractivity contribution >= 4 is 26.7 Å². The third-order valence-electron chi connectivity index (χ3n) is 4.53. The minimum atomic E-state index is -3.53. The Balaban J connectivity index is 1.81.